The number of methoxy groups -OCH3 is 1. The number of ether oxygens (including phenoxy) is 2. The summed E-state index contributed by atoms with van der Waals surface area (Å²) >= 11 is 1.82. The lowest BCUT2D eigenvalue weighted by molar-refractivity contribution is -0.118. The van der Waals surface area contributed by atoms with Gasteiger partial charge in [-0.15, -0.1) is 11.8 Å². The van der Waals surface area contributed by atoms with E-state index in [1.165, 1.54) is 10.5 Å². The molecule has 0 saturated heterocycles. The second-order valence-electron chi connectivity index (χ2n) is 7.29. The summed E-state index contributed by atoms with van der Waals surface area (Å²) in [5, 5.41) is 5.89. The Morgan fingerprint density at radius 1 is 1.00 bits per heavy atom. The van der Waals surface area contributed by atoms with Crippen molar-refractivity contribution in [3.8, 4) is 11.5 Å². The first-order chi connectivity index (χ1) is 15.6. The molecule has 1 atom stereocenters. The molecule has 0 bridgehead atoms. The Kier molecular flexibility index (Phi) is 6.97. The summed E-state index contributed by atoms with van der Waals surface area (Å²) in [5.41, 5.74) is 2.35. The van der Waals surface area contributed by atoms with Crippen molar-refractivity contribution < 1.29 is 19.1 Å². The SMILES string of the molecule is COc1cccc(NC(=O)COc2ccc(C(=O)NC3CCSc4ccccc43)cc2)c1. The van der Waals surface area contributed by atoms with E-state index in [0.717, 1.165) is 12.2 Å². The van der Waals surface area contributed by atoms with Crippen molar-refractivity contribution in [2.75, 3.05) is 24.8 Å². The number of rotatable bonds is 7. The minimum absolute atomic E-state index is 0.0104. The summed E-state index contributed by atoms with van der Waals surface area (Å²) in [4.78, 5) is 26.1. The van der Waals surface area contributed by atoms with Gasteiger partial charge in [0.2, 0.25) is 0 Å². The van der Waals surface area contributed by atoms with Crippen LogP contribution >= 0.6 is 11.8 Å². The van der Waals surface area contributed by atoms with Crippen LogP contribution in [0.1, 0.15) is 28.4 Å². The number of carbonyl (C=O) groups is 2. The van der Waals surface area contributed by atoms with Crippen LogP contribution in [0.4, 0.5) is 5.69 Å². The maximum absolute atomic E-state index is 12.7. The molecule has 164 valence electrons. The van der Waals surface area contributed by atoms with Crippen molar-refractivity contribution in [3.05, 3.63) is 83.9 Å². The average molecular weight is 449 g/mol. The summed E-state index contributed by atoms with van der Waals surface area (Å²) in [6.07, 6.45) is 0.900. The minimum atomic E-state index is -0.283. The molecule has 7 heteroatoms. The Morgan fingerprint density at radius 2 is 1.81 bits per heavy atom. The monoisotopic (exact) mass is 448 g/mol. The minimum Gasteiger partial charge on any atom is -0.497 e. The maximum Gasteiger partial charge on any atom is 0.262 e. The number of amides is 2. The van der Waals surface area contributed by atoms with E-state index in [1.807, 2.05) is 23.9 Å². The van der Waals surface area contributed by atoms with E-state index in [4.69, 9.17) is 9.47 Å². The second kappa shape index (κ2) is 10.2. The molecule has 1 aliphatic rings. The van der Waals surface area contributed by atoms with E-state index in [0.29, 0.717) is 22.7 Å². The summed E-state index contributed by atoms with van der Waals surface area (Å²) < 4.78 is 10.7. The Balaban J connectivity index is 1.30. The number of hydrogen-bond acceptors (Lipinski definition) is 5. The van der Waals surface area contributed by atoms with Crippen molar-refractivity contribution >= 4 is 29.3 Å². The van der Waals surface area contributed by atoms with Gasteiger partial charge >= 0.3 is 0 Å². The molecule has 32 heavy (non-hydrogen) atoms. The predicted molar refractivity (Wildman–Crippen MR) is 126 cm³/mol. The summed E-state index contributed by atoms with van der Waals surface area (Å²) in [6.45, 7) is -0.140. The van der Waals surface area contributed by atoms with Gasteiger partial charge in [0.05, 0.1) is 13.2 Å². The van der Waals surface area contributed by atoms with E-state index >= 15 is 0 Å². The van der Waals surface area contributed by atoms with Crippen LogP contribution in [0.15, 0.2) is 77.7 Å². The lowest BCUT2D eigenvalue weighted by Crippen LogP contribution is -2.30. The molecule has 1 aliphatic heterocycles. The smallest absolute Gasteiger partial charge is 0.262 e. The molecule has 2 amide bonds. The van der Waals surface area contributed by atoms with Crippen molar-refractivity contribution in [3.63, 3.8) is 0 Å². The molecule has 6 nitrogen and oxygen atoms in total. The van der Waals surface area contributed by atoms with Gasteiger partial charge in [-0.1, -0.05) is 24.3 Å². The zero-order valence-corrected chi connectivity index (χ0v) is 18.5. The largest absolute Gasteiger partial charge is 0.497 e. The quantitative estimate of drug-likeness (QED) is 0.549. The average Bonchev–Trinajstić information content (AvgIpc) is 2.83. The topological polar surface area (TPSA) is 76.7 Å². The Morgan fingerprint density at radius 3 is 2.62 bits per heavy atom. The summed E-state index contributed by atoms with van der Waals surface area (Å²) in [7, 11) is 1.57. The van der Waals surface area contributed by atoms with Gasteiger partial charge in [0, 0.05) is 28.0 Å². The van der Waals surface area contributed by atoms with Crippen LogP contribution in [-0.4, -0.2) is 31.3 Å². The van der Waals surface area contributed by atoms with Crippen LogP contribution in [0.2, 0.25) is 0 Å². The van der Waals surface area contributed by atoms with Crippen LogP contribution in [0.25, 0.3) is 0 Å². The Hall–Kier alpha value is -3.45. The van der Waals surface area contributed by atoms with Crippen LogP contribution in [0.5, 0.6) is 11.5 Å². The van der Waals surface area contributed by atoms with E-state index in [9.17, 15) is 9.59 Å². The van der Waals surface area contributed by atoms with Crippen molar-refractivity contribution in [2.24, 2.45) is 0 Å². The number of nitrogens with one attached hydrogen (secondary N) is 2. The molecule has 0 radical (unpaired) electrons. The standard InChI is InChI=1S/C25H24N2O4S/c1-30-20-6-4-5-18(15-20)26-24(28)16-31-19-11-9-17(10-12-19)25(29)27-22-13-14-32-23-8-3-2-7-21(22)23/h2-12,15,22H,13-14,16H2,1H3,(H,26,28)(H,27,29). The molecular weight excluding hydrogens is 424 g/mol. The highest BCUT2D eigenvalue weighted by Crippen LogP contribution is 2.35. The van der Waals surface area contributed by atoms with E-state index < -0.39 is 0 Å². The van der Waals surface area contributed by atoms with Crippen molar-refractivity contribution in [1.29, 1.82) is 0 Å². The lowest BCUT2D eigenvalue weighted by atomic mass is 10.0. The normalized spacial score (nSPS) is 14.7. The summed E-state index contributed by atoms with van der Waals surface area (Å²) in [6, 6.07) is 22.1. The third-order valence-corrected chi connectivity index (χ3v) is 6.23. The number of hydrogen-bond donors (Lipinski definition) is 2. The Bertz CT molecular complexity index is 1100. The number of carbonyl (C=O) groups excluding carboxylic acids is 2. The Labute approximate surface area is 191 Å². The second-order valence-corrected chi connectivity index (χ2v) is 8.43. The van der Waals surface area contributed by atoms with Gasteiger partial charge in [0.25, 0.3) is 11.8 Å². The highest BCUT2D eigenvalue weighted by molar-refractivity contribution is 7.99. The molecule has 2 N–H and O–H groups in total. The van der Waals surface area contributed by atoms with Gasteiger partial charge in [0.1, 0.15) is 11.5 Å². The van der Waals surface area contributed by atoms with Crippen LogP contribution in [0.3, 0.4) is 0 Å². The van der Waals surface area contributed by atoms with Gasteiger partial charge < -0.3 is 20.1 Å². The zero-order valence-electron chi connectivity index (χ0n) is 17.7. The summed E-state index contributed by atoms with van der Waals surface area (Å²) in [5.74, 6) is 1.75. The van der Waals surface area contributed by atoms with E-state index in [1.54, 1.807) is 55.6 Å². The first kappa shape index (κ1) is 21.8. The number of thioether (sulfide) groups is 1. The molecule has 1 heterocycles. The fourth-order valence-corrected chi connectivity index (χ4v) is 4.61. The van der Waals surface area contributed by atoms with Crippen molar-refractivity contribution in [2.45, 2.75) is 17.4 Å². The molecule has 3 aromatic rings. The number of fused-ring (bicyclic) bond motifs is 1. The highest BCUT2D eigenvalue weighted by Gasteiger charge is 2.22. The molecular formula is C25H24N2O4S. The first-order valence-corrected chi connectivity index (χ1v) is 11.3. The molecule has 3 aromatic carbocycles. The van der Waals surface area contributed by atoms with Gasteiger partial charge in [-0.05, 0) is 54.4 Å². The third kappa shape index (κ3) is 5.42. The van der Waals surface area contributed by atoms with E-state index in [-0.39, 0.29) is 24.5 Å². The number of anilines is 1. The molecule has 4 rings (SSSR count). The van der Waals surface area contributed by atoms with Gasteiger partial charge in [0.15, 0.2) is 6.61 Å². The first-order valence-electron chi connectivity index (χ1n) is 10.3. The van der Waals surface area contributed by atoms with Gasteiger partial charge in [-0.3, -0.25) is 9.59 Å². The molecule has 0 fully saturated rings. The van der Waals surface area contributed by atoms with Gasteiger partial charge in [-0.2, -0.15) is 0 Å². The fraction of sp³-hybridized carbons (Fsp3) is 0.200. The maximum atomic E-state index is 12.7. The van der Waals surface area contributed by atoms with Crippen LogP contribution < -0.4 is 20.1 Å². The lowest BCUT2D eigenvalue weighted by Gasteiger charge is -2.25. The fourth-order valence-electron chi connectivity index (χ4n) is 3.48. The molecule has 1 unspecified atom stereocenters. The molecule has 0 saturated carbocycles. The van der Waals surface area contributed by atoms with Crippen molar-refractivity contribution in [1.82, 2.24) is 5.32 Å². The molecule has 0 aromatic heterocycles. The third-order valence-electron chi connectivity index (χ3n) is 5.10. The van der Waals surface area contributed by atoms with Crippen LogP contribution in [0, 0.1) is 0 Å². The van der Waals surface area contributed by atoms with Gasteiger partial charge in [-0.25, -0.2) is 0 Å². The van der Waals surface area contributed by atoms with Crippen LogP contribution in [-0.2, 0) is 4.79 Å². The molecule has 0 aliphatic carbocycles. The molecule has 0 spiro atoms. The predicted octanol–water partition coefficient (Wildman–Crippen LogP) is 4.68. The number of benzene rings is 3. The van der Waals surface area contributed by atoms with E-state index in [2.05, 4.69) is 22.8 Å². The highest BCUT2D eigenvalue weighted by atomic mass is 32.2. The zero-order chi connectivity index (χ0) is 22.3.